The van der Waals surface area contributed by atoms with E-state index in [1.165, 1.54) is 6.08 Å². The first-order valence-electron chi connectivity index (χ1n) is 8.31. The fourth-order valence-corrected chi connectivity index (χ4v) is 5.48. The zero-order valence-electron chi connectivity index (χ0n) is 15.2. The number of ether oxygens (including phenoxy) is 1. The Bertz CT molecular complexity index is 748. The molecule has 0 radical (unpaired) electrons. The van der Waals surface area contributed by atoms with Crippen LogP contribution in [0, 0.1) is 6.92 Å². The average Bonchev–Trinajstić information content (AvgIpc) is 2.53. The third-order valence-electron chi connectivity index (χ3n) is 4.59. The molecule has 0 spiro atoms. The summed E-state index contributed by atoms with van der Waals surface area (Å²) in [4.78, 5) is 11.8. The second-order valence-corrected chi connectivity index (χ2v) is 8.39. The number of benzene rings is 1. The quantitative estimate of drug-likeness (QED) is 0.811. The van der Waals surface area contributed by atoms with Crippen LogP contribution >= 0.6 is 0 Å². The zero-order valence-corrected chi connectivity index (χ0v) is 16.0. The van der Waals surface area contributed by atoms with Crippen LogP contribution in [0.2, 0.25) is 0 Å². The molecule has 2 unspecified atom stereocenters. The van der Waals surface area contributed by atoms with E-state index in [0.717, 1.165) is 5.56 Å². The molecule has 1 aliphatic rings. The maximum absolute atomic E-state index is 13.1. The van der Waals surface area contributed by atoms with Gasteiger partial charge in [0.1, 0.15) is 5.75 Å². The molecule has 1 fully saturated rings. The molecule has 1 aromatic carbocycles. The van der Waals surface area contributed by atoms with Gasteiger partial charge < -0.3 is 10.1 Å². The van der Waals surface area contributed by atoms with E-state index in [1.807, 2.05) is 20.8 Å². The van der Waals surface area contributed by atoms with Crippen LogP contribution < -0.4 is 10.1 Å². The molecular formula is C18H26N2O4S. The normalized spacial score (nSPS) is 24.6. The number of nitrogens with zero attached hydrogens (tertiary/aromatic N) is 1. The van der Waals surface area contributed by atoms with Gasteiger partial charge in [-0.3, -0.25) is 4.79 Å². The minimum Gasteiger partial charge on any atom is -0.496 e. The highest BCUT2D eigenvalue weighted by Gasteiger charge is 2.39. The minimum absolute atomic E-state index is 0.0560. The lowest BCUT2D eigenvalue weighted by molar-refractivity contribution is -0.117. The number of sulfonamides is 1. The van der Waals surface area contributed by atoms with Crippen molar-refractivity contribution in [2.24, 2.45) is 0 Å². The molecule has 0 aromatic heterocycles. The summed E-state index contributed by atoms with van der Waals surface area (Å²) in [6, 6.07) is 4.40. The van der Waals surface area contributed by atoms with Gasteiger partial charge in [-0.05, 0) is 63.5 Å². The summed E-state index contributed by atoms with van der Waals surface area (Å²) >= 11 is 0. The molecule has 1 aromatic rings. The second kappa shape index (κ2) is 7.58. The largest absolute Gasteiger partial charge is 0.496 e. The monoisotopic (exact) mass is 366 g/mol. The lowest BCUT2D eigenvalue weighted by Crippen LogP contribution is -2.54. The van der Waals surface area contributed by atoms with Gasteiger partial charge in [0.05, 0.1) is 12.0 Å². The van der Waals surface area contributed by atoms with E-state index < -0.39 is 10.0 Å². The smallest absolute Gasteiger partial charge is 0.243 e. The third-order valence-corrected chi connectivity index (χ3v) is 6.72. The van der Waals surface area contributed by atoms with Crippen LogP contribution in [0.5, 0.6) is 5.75 Å². The van der Waals surface area contributed by atoms with Gasteiger partial charge in [-0.1, -0.05) is 6.58 Å². The lowest BCUT2D eigenvalue weighted by atomic mass is 9.95. The zero-order chi connectivity index (χ0) is 18.8. The molecule has 1 saturated heterocycles. The number of hydrogen-bond donors (Lipinski definition) is 1. The number of piperidine rings is 1. The van der Waals surface area contributed by atoms with Gasteiger partial charge in [0.2, 0.25) is 15.9 Å². The molecule has 2 atom stereocenters. The number of amides is 1. The van der Waals surface area contributed by atoms with Crippen molar-refractivity contribution < 1.29 is 17.9 Å². The van der Waals surface area contributed by atoms with Crippen LogP contribution in [0.1, 0.15) is 32.3 Å². The summed E-state index contributed by atoms with van der Waals surface area (Å²) in [5, 5.41) is 2.87. The maximum Gasteiger partial charge on any atom is 0.243 e. The summed E-state index contributed by atoms with van der Waals surface area (Å²) in [6.07, 6.45) is 2.37. The van der Waals surface area contributed by atoms with Gasteiger partial charge in [-0.15, -0.1) is 0 Å². The molecular weight excluding hydrogens is 340 g/mol. The van der Waals surface area contributed by atoms with E-state index in [0.29, 0.717) is 18.6 Å². The molecule has 25 heavy (non-hydrogen) atoms. The number of carbonyl (C=O) groups excluding carboxylic acids is 1. The number of hydrogen-bond acceptors (Lipinski definition) is 4. The Hall–Kier alpha value is -1.86. The standard InChI is InChI=1S/C18H26N2O4S/c1-6-18(21)19-15-10-13(3)20(14(4)11-15)25(22,23)16-7-8-17(24-5)12(2)9-16/h6-9,13-15H,1,10-11H2,2-5H3,(H,19,21). The van der Waals surface area contributed by atoms with Crippen LogP contribution in [0.25, 0.3) is 0 Å². The van der Waals surface area contributed by atoms with E-state index in [-0.39, 0.29) is 28.9 Å². The predicted octanol–water partition coefficient (Wildman–Crippen LogP) is 2.24. The van der Waals surface area contributed by atoms with E-state index in [4.69, 9.17) is 4.74 Å². The Morgan fingerprint density at radius 1 is 1.32 bits per heavy atom. The van der Waals surface area contributed by atoms with E-state index >= 15 is 0 Å². The number of rotatable bonds is 5. The van der Waals surface area contributed by atoms with Crippen LogP contribution in [0.4, 0.5) is 0 Å². The van der Waals surface area contributed by atoms with Crippen molar-refractivity contribution in [3.8, 4) is 5.75 Å². The van der Waals surface area contributed by atoms with Crippen molar-refractivity contribution in [1.29, 1.82) is 0 Å². The molecule has 1 N–H and O–H groups in total. The molecule has 2 rings (SSSR count). The van der Waals surface area contributed by atoms with Gasteiger partial charge in [0.25, 0.3) is 0 Å². The molecule has 7 heteroatoms. The van der Waals surface area contributed by atoms with Crippen molar-refractivity contribution in [1.82, 2.24) is 9.62 Å². The first kappa shape index (κ1) is 19.5. The average molecular weight is 366 g/mol. The van der Waals surface area contributed by atoms with E-state index in [2.05, 4.69) is 11.9 Å². The Kier molecular flexibility index (Phi) is 5.90. The van der Waals surface area contributed by atoms with Crippen LogP contribution in [-0.2, 0) is 14.8 Å². The van der Waals surface area contributed by atoms with Crippen LogP contribution in [0.15, 0.2) is 35.7 Å². The number of nitrogens with one attached hydrogen (secondary N) is 1. The third kappa shape index (κ3) is 4.04. The molecule has 0 bridgehead atoms. The Balaban J connectivity index is 2.26. The molecule has 138 valence electrons. The van der Waals surface area contributed by atoms with Gasteiger partial charge in [0.15, 0.2) is 0 Å². The van der Waals surface area contributed by atoms with Gasteiger partial charge in [-0.2, -0.15) is 4.31 Å². The first-order valence-corrected chi connectivity index (χ1v) is 9.75. The fraction of sp³-hybridized carbons (Fsp3) is 0.500. The first-order chi connectivity index (χ1) is 11.7. The fourth-order valence-electron chi connectivity index (χ4n) is 3.55. The predicted molar refractivity (Wildman–Crippen MR) is 97.0 cm³/mol. The van der Waals surface area contributed by atoms with Gasteiger partial charge in [-0.25, -0.2) is 8.42 Å². The lowest BCUT2D eigenvalue weighted by Gasteiger charge is -2.41. The van der Waals surface area contributed by atoms with Gasteiger partial charge in [0, 0.05) is 18.1 Å². The van der Waals surface area contributed by atoms with Crippen molar-refractivity contribution in [2.75, 3.05) is 7.11 Å². The highest BCUT2D eigenvalue weighted by atomic mass is 32.2. The molecule has 1 aliphatic heterocycles. The van der Waals surface area contributed by atoms with Crippen LogP contribution in [-0.4, -0.2) is 43.9 Å². The summed E-state index contributed by atoms with van der Waals surface area (Å²) in [7, 11) is -2.06. The maximum atomic E-state index is 13.1. The molecule has 1 amide bonds. The summed E-state index contributed by atoms with van der Waals surface area (Å²) in [5.74, 6) is 0.428. The molecule has 0 aliphatic carbocycles. The Labute approximate surface area is 149 Å². The summed E-state index contributed by atoms with van der Waals surface area (Å²) in [5.41, 5.74) is 0.775. The highest BCUT2D eigenvalue weighted by Crippen LogP contribution is 2.31. The van der Waals surface area contributed by atoms with Crippen LogP contribution in [0.3, 0.4) is 0 Å². The van der Waals surface area contributed by atoms with Gasteiger partial charge >= 0.3 is 0 Å². The molecule has 1 heterocycles. The van der Waals surface area contributed by atoms with Crippen molar-refractivity contribution in [2.45, 2.75) is 56.6 Å². The Morgan fingerprint density at radius 2 is 1.92 bits per heavy atom. The summed E-state index contributed by atoms with van der Waals surface area (Å²) < 4.78 is 33.0. The SMILES string of the molecule is C=CC(=O)NC1CC(C)N(S(=O)(=O)c2ccc(OC)c(C)c2)C(C)C1. The van der Waals surface area contributed by atoms with E-state index in [1.54, 1.807) is 29.6 Å². The molecule has 6 nitrogen and oxygen atoms in total. The number of carbonyl (C=O) groups is 1. The van der Waals surface area contributed by atoms with Crippen molar-refractivity contribution in [3.63, 3.8) is 0 Å². The molecule has 0 saturated carbocycles. The van der Waals surface area contributed by atoms with Crippen molar-refractivity contribution >= 4 is 15.9 Å². The minimum atomic E-state index is -3.62. The topological polar surface area (TPSA) is 75.7 Å². The number of aryl methyl sites for hydroxylation is 1. The van der Waals surface area contributed by atoms with E-state index in [9.17, 15) is 13.2 Å². The highest BCUT2D eigenvalue weighted by molar-refractivity contribution is 7.89. The Morgan fingerprint density at radius 3 is 2.40 bits per heavy atom. The number of methoxy groups -OCH3 is 1. The summed E-state index contributed by atoms with van der Waals surface area (Å²) in [6.45, 7) is 9.02. The second-order valence-electron chi connectivity index (χ2n) is 6.55. The van der Waals surface area contributed by atoms with Crippen molar-refractivity contribution in [3.05, 3.63) is 36.4 Å².